The number of likely N-dealkylation sites (tertiary alicyclic amines) is 1. The highest BCUT2D eigenvalue weighted by Gasteiger charge is 2.22. The fourth-order valence-corrected chi connectivity index (χ4v) is 2.68. The molecule has 1 amide bonds. The first kappa shape index (κ1) is 14.8. The molecule has 1 aliphatic heterocycles. The molecule has 116 valence electrons. The molecular formula is C14H17ClN6O. The molecule has 0 spiro atoms. The van der Waals surface area contributed by atoms with E-state index in [4.69, 9.17) is 11.6 Å². The van der Waals surface area contributed by atoms with E-state index >= 15 is 0 Å². The molecule has 0 radical (unpaired) electrons. The van der Waals surface area contributed by atoms with E-state index in [-0.39, 0.29) is 5.91 Å². The third-order valence-corrected chi connectivity index (χ3v) is 3.83. The van der Waals surface area contributed by atoms with Crippen molar-refractivity contribution in [1.29, 1.82) is 0 Å². The summed E-state index contributed by atoms with van der Waals surface area (Å²) in [6, 6.07) is 5.27. The SMILES string of the molecule is Cn1nnc(CNc2ccc(Cl)cc2C(=O)N2CCCC2)n1. The van der Waals surface area contributed by atoms with E-state index in [1.165, 1.54) is 4.80 Å². The zero-order chi connectivity index (χ0) is 15.5. The summed E-state index contributed by atoms with van der Waals surface area (Å²) < 4.78 is 0. The number of hydrogen-bond donors (Lipinski definition) is 1. The highest BCUT2D eigenvalue weighted by Crippen LogP contribution is 2.24. The van der Waals surface area contributed by atoms with Gasteiger partial charge in [0.05, 0.1) is 19.2 Å². The van der Waals surface area contributed by atoms with Crippen LogP contribution in [0.25, 0.3) is 0 Å². The average molecular weight is 321 g/mol. The fourth-order valence-electron chi connectivity index (χ4n) is 2.51. The van der Waals surface area contributed by atoms with Crippen molar-refractivity contribution in [3.8, 4) is 0 Å². The molecule has 0 bridgehead atoms. The number of benzene rings is 1. The maximum absolute atomic E-state index is 12.6. The summed E-state index contributed by atoms with van der Waals surface area (Å²) in [6.45, 7) is 2.00. The number of anilines is 1. The predicted molar refractivity (Wildman–Crippen MR) is 82.7 cm³/mol. The Morgan fingerprint density at radius 2 is 2.14 bits per heavy atom. The molecule has 0 unspecified atom stereocenters. The number of carbonyl (C=O) groups excluding carboxylic acids is 1. The molecule has 1 saturated heterocycles. The van der Waals surface area contributed by atoms with Crippen molar-refractivity contribution in [1.82, 2.24) is 25.1 Å². The molecule has 0 saturated carbocycles. The Morgan fingerprint density at radius 3 is 2.82 bits per heavy atom. The number of aromatic nitrogens is 4. The number of halogens is 1. The summed E-state index contributed by atoms with van der Waals surface area (Å²) in [6.07, 6.45) is 2.11. The summed E-state index contributed by atoms with van der Waals surface area (Å²) >= 11 is 6.05. The van der Waals surface area contributed by atoms with Crippen LogP contribution in [0.1, 0.15) is 29.0 Å². The molecule has 2 aromatic rings. The Labute approximate surface area is 133 Å². The Kier molecular flexibility index (Phi) is 4.24. The van der Waals surface area contributed by atoms with Gasteiger partial charge in [-0.15, -0.1) is 10.2 Å². The lowest BCUT2D eigenvalue weighted by Crippen LogP contribution is -2.28. The molecule has 7 nitrogen and oxygen atoms in total. The molecule has 1 aliphatic rings. The molecular weight excluding hydrogens is 304 g/mol. The summed E-state index contributed by atoms with van der Waals surface area (Å²) in [4.78, 5) is 15.9. The minimum absolute atomic E-state index is 0.00889. The summed E-state index contributed by atoms with van der Waals surface area (Å²) in [5, 5.41) is 15.5. The third-order valence-electron chi connectivity index (χ3n) is 3.59. The summed E-state index contributed by atoms with van der Waals surface area (Å²) in [7, 11) is 1.71. The highest BCUT2D eigenvalue weighted by atomic mass is 35.5. The minimum atomic E-state index is 0.00889. The third kappa shape index (κ3) is 3.19. The van der Waals surface area contributed by atoms with Crippen molar-refractivity contribution in [3.05, 3.63) is 34.6 Å². The van der Waals surface area contributed by atoms with Gasteiger partial charge in [-0.1, -0.05) is 11.6 Å². The van der Waals surface area contributed by atoms with Gasteiger partial charge >= 0.3 is 0 Å². The van der Waals surface area contributed by atoms with Crippen LogP contribution in [-0.2, 0) is 13.6 Å². The van der Waals surface area contributed by atoms with E-state index in [0.717, 1.165) is 31.6 Å². The van der Waals surface area contributed by atoms with Crippen LogP contribution >= 0.6 is 11.6 Å². The van der Waals surface area contributed by atoms with Gasteiger partial charge in [0.25, 0.3) is 5.91 Å². The first-order valence-electron chi connectivity index (χ1n) is 7.19. The molecule has 1 aromatic carbocycles. The van der Waals surface area contributed by atoms with Crippen molar-refractivity contribution < 1.29 is 4.79 Å². The number of nitrogens with one attached hydrogen (secondary N) is 1. The van der Waals surface area contributed by atoms with Crippen LogP contribution in [-0.4, -0.2) is 44.1 Å². The van der Waals surface area contributed by atoms with Gasteiger partial charge in [-0.25, -0.2) is 0 Å². The van der Waals surface area contributed by atoms with Crippen LogP contribution in [0.2, 0.25) is 5.02 Å². The summed E-state index contributed by atoms with van der Waals surface area (Å²) in [5.74, 6) is 0.576. The van der Waals surface area contributed by atoms with Gasteiger partial charge in [-0.2, -0.15) is 4.80 Å². The van der Waals surface area contributed by atoms with Crippen LogP contribution in [0.3, 0.4) is 0 Å². The monoisotopic (exact) mass is 320 g/mol. The predicted octanol–water partition coefficient (Wildman–Crippen LogP) is 1.71. The van der Waals surface area contributed by atoms with E-state index in [9.17, 15) is 4.79 Å². The number of aryl methyl sites for hydroxylation is 1. The van der Waals surface area contributed by atoms with Crippen molar-refractivity contribution in [2.45, 2.75) is 19.4 Å². The van der Waals surface area contributed by atoms with Crippen LogP contribution in [0.5, 0.6) is 0 Å². The van der Waals surface area contributed by atoms with Gasteiger partial charge in [-0.3, -0.25) is 4.79 Å². The Balaban J connectivity index is 1.79. The molecule has 1 fully saturated rings. The number of amides is 1. The largest absolute Gasteiger partial charge is 0.377 e. The summed E-state index contributed by atoms with van der Waals surface area (Å²) in [5.41, 5.74) is 1.31. The first-order chi connectivity index (χ1) is 10.6. The Hall–Kier alpha value is -2.15. The Bertz CT molecular complexity index is 680. The standard InChI is InChI=1S/C14H17ClN6O/c1-20-18-13(17-19-20)9-16-12-5-4-10(15)8-11(12)14(22)21-6-2-3-7-21/h4-5,8,16H,2-3,6-7,9H2,1H3. The van der Waals surface area contributed by atoms with Crippen molar-refractivity contribution >= 4 is 23.2 Å². The van der Waals surface area contributed by atoms with E-state index in [1.54, 1.807) is 19.2 Å². The maximum Gasteiger partial charge on any atom is 0.256 e. The number of tetrazole rings is 1. The zero-order valence-corrected chi connectivity index (χ0v) is 13.0. The average Bonchev–Trinajstić information content (AvgIpc) is 3.16. The molecule has 3 rings (SSSR count). The maximum atomic E-state index is 12.6. The molecule has 8 heteroatoms. The van der Waals surface area contributed by atoms with Gasteiger partial charge in [0.2, 0.25) is 0 Å². The van der Waals surface area contributed by atoms with Gasteiger partial charge in [0.1, 0.15) is 0 Å². The Morgan fingerprint density at radius 1 is 1.36 bits per heavy atom. The normalized spacial score (nSPS) is 14.4. The molecule has 0 atom stereocenters. The van der Waals surface area contributed by atoms with Crippen LogP contribution in [0, 0.1) is 0 Å². The topological polar surface area (TPSA) is 75.9 Å². The lowest BCUT2D eigenvalue weighted by molar-refractivity contribution is 0.0793. The molecule has 0 aliphatic carbocycles. The number of rotatable bonds is 4. The molecule has 22 heavy (non-hydrogen) atoms. The molecule has 1 N–H and O–H groups in total. The minimum Gasteiger partial charge on any atom is -0.377 e. The van der Waals surface area contributed by atoms with E-state index < -0.39 is 0 Å². The van der Waals surface area contributed by atoms with E-state index in [1.807, 2.05) is 11.0 Å². The second kappa shape index (κ2) is 6.31. The van der Waals surface area contributed by atoms with Crippen LogP contribution in [0.15, 0.2) is 18.2 Å². The number of carbonyl (C=O) groups is 1. The molecule has 2 heterocycles. The van der Waals surface area contributed by atoms with Crippen molar-refractivity contribution in [3.63, 3.8) is 0 Å². The zero-order valence-electron chi connectivity index (χ0n) is 12.3. The van der Waals surface area contributed by atoms with Gasteiger partial charge in [-0.05, 0) is 36.3 Å². The second-order valence-electron chi connectivity index (χ2n) is 5.24. The van der Waals surface area contributed by atoms with Crippen LogP contribution in [0.4, 0.5) is 5.69 Å². The van der Waals surface area contributed by atoms with E-state index in [0.29, 0.717) is 23.0 Å². The second-order valence-corrected chi connectivity index (χ2v) is 5.67. The lowest BCUT2D eigenvalue weighted by atomic mass is 10.1. The van der Waals surface area contributed by atoms with E-state index in [2.05, 4.69) is 20.7 Å². The lowest BCUT2D eigenvalue weighted by Gasteiger charge is -2.18. The first-order valence-corrected chi connectivity index (χ1v) is 7.57. The van der Waals surface area contributed by atoms with Crippen molar-refractivity contribution in [2.75, 3.05) is 18.4 Å². The van der Waals surface area contributed by atoms with Gasteiger partial charge in [0, 0.05) is 23.8 Å². The fraction of sp³-hybridized carbons (Fsp3) is 0.429. The van der Waals surface area contributed by atoms with Gasteiger partial charge in [0.15, 0.2) is 5.82 Å². The number of nitrogens with zero attached hydrogens (tertiary/aromatic N) is 5. The number of hydrogen-bond acceptors (Lipinski definition) is 5. The van der Waals surface area contributed by atoms with Crippen LogP contribution < -0.4 is 5.32 Å². The van der Waals surface area contributed by atoms with Crippen molar-refractivity contribution in [2.24, 2.45) is 7.05 Å². The quantitative estimate of drug-likeness (QED) is 0.928. The molecule has 1 aromatic heterocycles. The smallest absolute Gasteiger partial charge is 0.256 e. The van der Waals surface area contributed by atoms with Gasteiger partial charge < -0.3 is 10.2 Å². The highest BCUT2D eigenvalue weighted by molar-refractivity contribution is 6.31.